The molecule has 0 bridgehead atoms. The van der Waals surface area contributed by atoms with Crippen molar-refractivity contribution in [1.29, 1.82) is 0 Å². The van der Waals surface area contributed by atoms with Crippen LogP contribution < -0.4 is 10.1 Å². The average molecular weight is 489 g/mol. The summed E-state index contributed by atoms with van der Waals surface area (Å²) in [7, 11) is 1.63. The highest BCUT2D eigenvalue weighted by atomic mass is 35.5. The Kier molecular flexibility index (Phi) is 9.95. The molecule has 0 unspecified atom stereocenters. The molecule has 2 amide bonds. The van der Waals surface area contributed by atoms with Gasteiger partial charge in [-0.3, -0.25) is 9.59 Å². The van der Waals surface area contributed by atoms with Gasteiger partial charge >= 0.3 is 0 Å². The van der Waals surface area contributed by atoms with E-state index in [2.05, 4.69) is 5.32 Å². The van der Waals surface area contributed by atoms with Gasteiger partial charge in [0, 0.05) is 34.7 Å². The van der Waals surface area contributed by atoms with Crippen LogP contribution in [0.15, 0.2) is 53.4 Å². The number of nitrogens with one attached hydrogen (secondary N) is 1. The minimum Gasteiger partial charge on any atom is -0.497 e. The van der Waals surface area contributed by atoms with Crippen LogP contribution in [-0.2, 0) is 16.1 Å². The predicted molar refractivity (Wildman–Crippen MR) is 135 cm³/mol. The molecule has 1 saturated carbocycles. The SMILES string of the molecule is COc1ccc(CN(C(=O)CCSc2ccc(Cl)cc2)[C@H](C)C(=O)NC2CCCCC2)cc1. The van der Waals surface area contributed by atoms with Gasteiger partial charge in [0.2, 0.25) is 11.8 Å². The van der Waals surface area contributed by atoms with Gasteiger partial charge in [0.15, 0.2) is 0 Å². The van der Waals surface area contributed by atoms with Crippen molar-refractivity contribution in [2.24, 2.45) is 0 Å². The molecular weight excluding hydrogens is 456 g/mol. The van der Waals surface area contributed by atoms with E-state index in [1.165, 1.54) is 6.42 Å². The topological polar surface area (TPSA) is 58.6 Å². The van der Waals surface area contributed by atoms with Crippen molar-refractivity contribution < 1.29 is 14.3 Å². The second kappa shape index (κ2) is 12.9. The lowest BCUT2D eigenvalue weighted by Gasteiger charge is -2.31. The summed E-state index contributed by atoms with van der Waals surface area (Å²) in [5, 5.41) is 3.87. The molecule has 0 saturated heterocycles. The second-order valence-corrected chi connectivity index (χ2v) is 10.0. The van der Waals surface area contributed by atoms with E-state index in [4.69, 9.17) is 16.3 Å². The van der Waals surface area contributed by atoms with Crippen LogP contribution in [0, 0.1) is 0 Å². The number of amides is 2. The molecule has 178 valence electrons. The van der Waals surface area contributed by atoms with Crippen molar-refractivity contribution in [3.8, 4) is 5.75 Å². The summed E-state index contributed by atoms with van der Waals surface area (Å²) in [5.41, 5.74) is 0.965. The van der Waals surface area contributed by atoms with E-state index in [1.54, 1.807) is 23.8 Å². The number of hydrogen-bond acceptors (Lipinski definition) is 4. The van der Waals surface area contributed by atoms with Gasteiger partial charge in [0.05, 0.1) is 7.11 Å². The summed E-state index contributed by atoms with van der Waals surface area (Å²) in [5.74, 6) is 1.29. The standard InChI is InChI=1S/C26H33ClN2O3S/c1-19(26(31)28-22-6-4-3-5-7-22)29(18-20-8-12-23(32-2)13-9-20)25(30)16-17-33-24-14-10-21(27)11-15-24/h8-15,19,22H,3-7,16-18H2,1-2H3,(H,28,31)/t19-/m1/s1. The van der Waals surface area contributed by atoms with Crippen molar-refractivity contribution >= 4 is 35.2 Å². The Hall–Kier alpha value is -2.18. The van der Waals surface area contributed by atoms with Gasteiger partial charge in [-0.25, -0.2) is 0 Å². The molecule has 33 heavy (non-hydrogen) atoms. The van der Waals surface area contributed by atoms with Gasteiger partial charge in [0.1, 0.15) is 11.8 Å². The minimum atomic E-state index is -0.540. The highest BCUT2D eigenvalue weighted by molar-refractivity contribution is 7.99. The van der Waals surface area contributed by atoms with Crippen LogP contribution in [0.25, 0.3) is 0 Å². The van der Waals surface area contributed by atoms with Crippen LogP contribution in [0.5, 0.6) is 5.75 Å². The van der Waals surface area contributed by atoms with Crippen LogP contribution in [0.4, 0.5) is 0 Å². The molecule has 7 heteroatoms. The van der Waals surface area contributed by atoms with Crippen molar-refractivity contribution in [2.45, 2.75) is 69.0 Å². The number of carbonyl (C=O) groups is 2. The third-order valence-electron chi connectivity index (χ3n) is 6.03. The molecule has 1 N–H and O–H groups in total. The Morgan fingerprint density at radius 1 is 1.09 bits per heavy atom. The fraction of sp³-hybridized carbons (Fsp3) is 0.462. The van der Waals surface area contributed by atoms with Gasteiger partial charge < -0.3 is 15.0 Å². The maximum atomic E-state index is 13.2. The minimum absolute atomic E-state index is 0.0291. The lowest BCUT2D eigenvalue weighted by atomic mass is 9.95. The Labute approximate surface area is 206 Å². The third kappa shape index (κ3) is 7.97. The fourth-order valence-corrected chi connectivity index (χ4v) is 4.98. The zero-order chi connectivity index (χ0) is 23.6. The molecule has 2 aromatic carbocycles. The molecule has 1 aliphatic carbocycles. The first-order valence-electron chi connectivity index (χ1n) is 11.6. The first-order valence-corrected chi connectivity index (χ1v) is 12.9. The van der Waals surface area contributed by atoms with Crippen LogP contribution in [0.2, 0.25) is 5.02 Å². The molecule has 1 fully saturated rings. The first-order chi connectivity index (χ1) is 16.0. The van der Waals surface area contributed by atoms with E-state index < -0.39 is 6.04 Å². The van der Waals surface area contributed by atoms with Gasteiger partial charge in [-0.05, 0) is 61.7 Å². The predicted octanol–water partition coefficient (Wildman–Crippen LogP) is 5.70. The monoisotopic (exact) mass is 488 g/mol. The zero-order valence-electron chi connectivity index (χ0n) is 19.4. The Bertz CT molecular complexity index is 899. The molecule has 1 atom stereocenters. The number of ether oxygens (including phenoxy) is 1. The number of thioether (sulfide) groups is 1. The maximum absolute atomic E-state index is 13.2. The van der Waals surface area contributed by atoms with E-state index in [-0.39, 0.29) is 17.9 Å². The maximum Gasteiger partial charge on any atom is 0.242 e. The van der Waals surface area contributed by atoms with E-state index >= 15 is 0 Å². The number of benzene rings is 2. The number of carbonyl (C=O) groups excluding carboxylic acids is 2. The summed E-state index contributed by atoms with van der Waals surface area (Å²) >= 11 is 7.56. The molecule has 2 aromatic rings. The molecule has 0 spiro atoms. The number of nitrogens with zero attached hydrogens (tertiary/aromatic N) is 1. The number of rotatable bonds is 10. The molecule has 0 aromatic heterocycles. The quantitative estimate of drug-likeness (QED) is 0.436. The van der Waals surface area contributed by atoms with E-state index in [0.717, 1.165) is 41.9 Å². The lowest BCUT2D eigenvalue weighted by molar-refractivity contribution is -0.140. The second-order valence-electron chi connectivity index (χ2n) is 8.44. The van der Waals surface area contributed by atoms with Crippen LogP contribution >= 0.6 is 23.4 Å². The molecular formula is C26H33ClN2O3S. The fourth-order valence-electron chi connectivity index (χ4n) is 4.01. The summed E-state index contributed by atoms with van der Waals surface area (Å²) in [4.78, 5) is 29.0. The summed E-state index contributed by atoms with van der Waals surface area (Å²) < 4.78 is 5.24. The molecule has 0 heterocycles. The number of hydrogen-bond donors (Lipinski definition) is 1. The Balaban J connectivity index is 1.65. The number of methoxy groups -OCH3 is 1. The third-order valence-corrected chi connectivity index (χ3v) is 7.29. The number of halogens is 1. The first kappa shape index (κ1) is 25.4. The summed E-state index contributed by atoms with van der Waals surface area (Å²) in [6, 6.07) is 14.9. The molecule has 1 aliphatic rings. The van der Waals surface area contributed by atoms with E-state index in [0.29, 0.717) is 23.7 Å². The molecule has 0 radical (unpaired) electrons. The van der Waals surface area contributed by atoms with E-state index in [1.807, 2.05) is 55.5 Å². The van der Waals surface area contributed by atoms with Crippen LogP contribution in [0.3, 0.4) is 0 Å². The highest BCUT2D eigenvalue weighted by Crippen LogP contribution is 2.23. The van der Waals surface area contributed by atoms with Gasteiger partial charge in [0.25, 0.3) is 0 Å². The van der Waals surface area contributed by atoms with Gasteiger partial charge in [-0.2, -0.15) is 0 Å². The normalized spacial score (nSPS) is 15.0. The molecule has 0 aliphatic heterocycles. The van der Waals surface area contributed by atoms with Crippen molar-refractivity contribution in [1.82, 2.24) is 10.2 Å². The zero-order valence-corrected chi connectivity index (χ0v) is 21.0. The smallest absolute Gasteiger partial charge is 0.242 e. The largest absolute Gasteiger partial charge is 0.497 e. The molecule has 3 rings (SSSR count). The van der Waals surface area contributed by atoms with Crippen molar-refractivity contribution in [2.75, 3.05) is 12.9 Å². The summed E-state index contributed by atoms with van der Waals surface area (Å²) in [6.07, 6.45) is 5.91. The average Bonchev–Trinajstić information content (AvgIpc) is 2.84. The van der Waals surface area contributed by atoms with Crippen LogP contribution in [0.1, 0.15) is 51.0 Å². The highest BCUT2D eigenvalue weighted by Gasteiger charge is 2.27. The lowest BCUT2D eigenvalue weighted by Crippen LogP contribution is -2.50. The van der Waals surface area contributed by atoms with Gasteiger partial charge in [-0.15, -0.1) is 11.8 Å². The Morgan fingerprint density at radius 3 is 2.39 bits per heavy atom. The van der Waals surface area contributed by atoms with Crippen molar-refractivity contribution in [3.63, 3.8) is 0 Å². The molecule has 5 nitrogen and oxygen atoms in total. The van der Waals surface area contributed by atoms with Crippen LogP contribution in [-0.4, -0.2) is 41.7 Å². The Morgan fingerprint density at radius 2 is 1.76 bits per heavy atom. The van der Waals surface area contributed by atoms with E-state index in [9.17, 15) is 9.59 Å². The van der Waals surface area contributed by atoms with Gasteiger partial charge in [-0.1, -0.05) is 43.0 Å². The summed E-state index contributed by atoms with van der Waals surface area (Å²) in [6.45, 7) is 2.21. The van der Waals surface area contributed by atoms with Crippen molar-refractivity contribution in [3.05, 3.63) is 59.1 Å².